The van der Waals surface area contributed by atoms with Crippen molar-refractivity contribution in [3.05, 3.63) is 137 Å². The van der Waals surface area contributed by atoms with Gasteiger partial charge in [0.1, 0.15) is 17.3 Å². The Morgan fingerprint density at radius 2 is 1.08 bits per heavy atom. The average Bonchev–Trinajstić information content (AvgIpc) is 3.71. The molecule has 3 heterocycles. The lowest BCUT2D eigenvalue weighted by molar-refractivity contribution is -0.611. The number of hydrogen-bond acceptors (Lipinski definition) is 2. The van der Waals surface area contributed by atoms with Gasteiger partial charge < -0.3 is 4.74 Å². The Hall–Kier alpha value is -5.16. The van der Waals surface area contributed by atoms with Crippen molar-refractivity contribution < 1.29 is 9.30 Å². The maximum atomic E-state index is 6.84. The van der Waals surface area contributed by atoms with Crippen LogP contribution in [-0.2, 0) is 32.5 Å². The Balaban J connectivity index is 1.39. The van der Waals surface area contributed by atoms with Gasteiger partial charge in [0.05, 0.1) is 33.8 Å². The number of pyridine rings is 1. The average molecular weight is 815 g/mol. The summed E-state index contributed by atoms with van der Waals surface area (Å²) in [5, 5.41) is 2.38. The normalized spacial score (nSPS) is 13.4. The summed E-state index contributed by atoms with van der Waals surface area (Å²) < 4.78 is 13.7. The van der Waals surface area contributed by atoms with E-state index in [9.17, 15) is 0 Å². The number of aromatic nitrogens is 4. The molecule has 0 saturated carbocycles. The number of ether oxygens (including phenoxy) is 1. The first kappa shape index (κ1) is 43.9. The van der Waals surface area contributed by atoms with E-state index in [1.54, 1.807) is 0 Å². The first-order valence-electron chi connectivity index (χ1n) is 22.1. The zero-order valence-electron chi connectivity index (χ0n) is 40.4. The Morgan fingerprint density at radius 3 is 1.66 bits per heavy atom. The summed E-state index contributed by atoms with van der Waals surface area (Å²) in [6.07, 6.45) is 5.84. The monoisotopic (exact) mass is 815 g/mol. The number of fused-ring (bicyclic) bond motifs is 3. The topological polar surface area (TPSA) is 35.9 Å². The zero-order valence-corrected chi connectivity index (χ0v) is 40.4. The molecule has 5 nitrogen and oxygen atoms in total. The third-order valence-corrected chi connectivity index (χ3v) is 12.0. The molecule has 0 spiro atoms. The molecule has 0 N–H and O–H groups in total. The minimum absolute atomic E-state index is 0.0146. The van der Waals surface area contributed by atoms with Gasteiger partial charge in [0.2, 0.25) is 0 Å². The minimum atomic E-state index is -0.195. The van der Waals surface area contributed by atoms with Gasteiger partial charge in [-0.25, -0.2) is 4.98 Å². The summed E-state index contributed by atoms with van der Waals surface area (Å²) in [5.74, 6) is 2.43. The zero-order chi connectivity index (χ0) is 44.8. The minimum Gasteiger partial charge on any atom is -0.458 e. The van der Waals surface area contributed by atoms with Crippen LogP contribution in [0, 0.1) is 6.33 Å². The van der Waals surface area contributed by atoms with Crippen molar-refractivity contribution in [2.45, 2.75) is 157 Å². The van der Waals surface area contributed by atoms with Crippen molar-refractivity contribution >= 4 is 21.8 Å². The molecule has 0 atom stereocenters. The highest BCUT2D eigenvalue weighted by Crippen LogP contribution is 2.40. The molecule has 320 valence electrons. The first-order chi connectivity index (χ1) is 28.0. The van der Waals surface area contributed by atoms with E-state index in [4.69, 9.17) is 9.72 Å². The molecular weight excluding hydrogens is 745 g/mol. The fourth-order valence-electron chi connectivity index (χ4n) is 8.38. The van der Waals surface area contributed by atoms with Gasteiger partial charge in [0.15, 0.2) is 0 Å². The SMILES string of the molecule is CC(C)(C)c1cc(-[n+]2[c-]n(-c3cccc(Oc4ccc5c6cc(C(C)(C)C)ccc6n(-c6cc(C(C)(C)C)ccn6)c5c4)c3)c(C(C)(C)C)c2C(C)(C)C)cc(C(C)(C)C)c1. The van der Waals surface area contributed by atoms with E-state index >= 15 is 0 Å². The van der Waals surface area contributed by atoms with Crippen LogP contribution in [-0.4, -0.2) is 14.1 Å². The van der Waals surface area contributed by atoms with Gasteiger partial charge >= 0.3 is 0 Å². The van der Waals surface area contributed by atoms with Crippen LogP contribution >= 0.6 is 0 Å². The lowest BCUT2D eigenvalue weighted by Crippen LogP contribution is -2.41. The number of benzene rings is 4. The fourth-order valence-corrected chi connectivity index (χ4v) is 8.38. The lowest BCUT2D eigenvalue weighted by Gasteiger charge is -2.31. The van der Waals surface area contributed by atoms with E-state index < -0.39 is 0 Å². The van der Waals surface area contributed by atoms with Crippen LogP contribution in [0.2, 0.25) is 0 Å². The van der Waals surface area contributed by atoms with Gasteiger partial charge in [0.25, 0.3) is 6.33 Å². The second kappa shape index (κ2) is 14.7. The van der Waals surface area contributed by atoms with Crippen LogP contribution in [0.1, 0.15) is 158 Å². The highest BCUT2D eigenvalue weighted by Gasteiger charge is 2.35. The van der Waals surface area contributed by atoms with Crippen LogP contribution in [0.5, 0.6) is 11.5 Å². The molecule has 0 fully saturated rings. The molecule has 0 aliphatic carbocycles. The Labute approximate surface area is 366 Å². The molecule has 4 aromatic carbocycles. The van der Waals surface area contributed by atoms with Crippen LogP contribution in [0.4, 0.5) is 0 Å². The van der Waals surface area contributed by atoms with Gasteiger partial charge in [-0.15, -0.1) is 0 Å². The third kappa shape index (κ3) is 8.68. The van der Waals surface area contributed by atoms with E-state index in [-0.39, 0.29) is 32.5 Å². The highest BCUT2D eigenvalue weighted by molar-refractivity contribution is 6.09. The van der Waals surface area contributed by atoms with Crippen LogP contribution in [0.15, 0.2) is 97.2 Å². The molecule has 7 aromatic rings. The van der Waals surface area contributed by atoms with Gasteiger partial charge in [0, 0.05) is 23.0 Å². The predicted molar refractivity (Wildman–Crippen MR) is 257 cm³/mol. The van der Waals surface area contributed by atoms with Crippen LogP contribution in [0.3, 0.4) is 0 Å². The second-order valence-corrected chi connectivity index (χ2v) is 23.5. The van der Waals surface area contributed by atoms with Crippen molar-refractivity contribution in [1.29, 1.82) is 0 Å². The van der Waals surface area contributed by atoms with Crippen molar-refractivity contribution in [3.63, 3.8) is 0 Å². The van der Waals surface area contributed by atoms with E-state index in [2.05, 4.69) is 236 Å². The largest absolute Gasteiger partial charge is 0.458 e. The Bertz CT molecular complexity index is 2740. The Morgan fingerprint density at radius 1 is 0.492 bits per heavy atom. The van der Waals surface area contributed by atoms with Crippen molar-refractivity contribution in [2.75, 3.05) is 0 Å². The number of rotatable bonds is 5. The Kier molecular flexibility index (Phi) is 10.6. The van der Waals surface area contributed by atoms with Gasteiger partial charge in [-0.1, -0.05) is 143 Å². The molecule has 0 bridgehead atoms. The quantitative estimate of drug-likeness (QED) is 0.128. The molecule has 5 heteroatoms. The molecule has 7 rings (SSSR count). The fraction of sp³-hybridized carbons (Fsp3) is 0.429. The highest BCUT2D eigenvalue weighted by atomic mass is 16.5. The van der Waals surface area contributed by atoms with Gasteiger partial charge in [-0.2, -0.15) is 0 Å². The number of hydrogen-bond donors (Lipinski definition) is 0. The van der Waals surface area contributed by atoms with E-state index in [0.717, 1.165) is 39.7 Å². The lowest BCUT2D eigenvalue weighted by atomic mass is 9.79. The summed E-state index contributed by atoms with van der Waals surface area (Å²) in [5.41, 5.74) is 11.6. The second-order valence-electron chi connectivity index (χ2n) is 23.5. The molecule has 61 heavy (non-hydrogen) atoms. The van der Waals surface area contributed by atoms with Gasteiger partial charge in [-0.05, 0) is 121 Å². The first-order valence-corrected chi connectivity index (χ1v) is 22.1. The summed E-state index contributed by atoms with van der Waals surface area (Å²) in [4.78, 5) is 4.95. The molecule has 0 radical (unpaired) electrons. The summed E-state index contributed by atoms with van der Waals surface area (Å²) in [6.45, 7) is 41.3. The molecule has 3 aromatic heterocycles. The summed E-state index contributed by atoms with van der Waals surface area (Å²) >= 11 is 0. The number of nitrogens with zero attached hydrogens (tertiary/aromatic N) is 4. The summed E-state index contributed by atoms with van der Waals surface area (Å²) in [7, 11) is 0. The molecule has 0 aliphatic heterocycles. The van der Waals surface area contributed by atoms with E-state index in [1.807, 2.05) is 6.20 Å². The van der Waals surface area contributed by atoms with Crippen molar-refractivity contribution in [3.8, 4) is 28.7 Å². The van der Waals surface area contributed by atoms with Crippen molar-refractivity contribution in [2.24, 2.45) is 0 Å². The number of imidazole rings is 1. The van der Waals surface area contributed by atoms with Crippen molar-refractivity contribution in [1.82, 2.24) is 14.1 Å². The van der Waals surface area contributed by atoms with Crippen LogP contribution in [0.25, 0.3) is 39.0 Å². The molecule has 0 amide bonds. The van der Waals surface area contributed by atoms with Gasteiger partial charge in [-0.3, -0.25) is 13.7 Å². The summed E-state index contributed by atoms with van der Waals surface area (Å²) in [6, 6.07) is 33.3. The molecular formula is C56H70N4O. The molecule has 0 unspecified atom stereocenters. The molecule has 0 saturated heterocycles. The third-order valence-electron chi connectivity index (χ3n) is 12.0. The van der Waals surface area contributed by atoms with Crippen LogP contribution < -0.4 is 9.30 Å². The van der Waals surface area contributed by atoms with E-state index in [0.29, 0.717) is 0 Å². The standard InChI is InChI=1S/C56H70N4O/c1-51(2,3)36-22-25-46-45(31-36)44-24-23-43(34-47(44)60(46)48-32-37(26-27-57-48)52(4,5)6)61-42-21-19-20-40(33-42)58-35-59(50(56(16,17)18)49(58)55(13,14)15)41-29-38(53(7,8)9)28-39(30-41)54(10,11)12/h19-34H,1-18H3. The maximum absolute atomic E-state index is 6.84. The molecule has 0 aliphatic rings. The van der Waals surface area contributed by atoms with E-state index in [1.165, 1.54) is 44.4 Å². The predicted octanol–water partition coefficient (Wildman–Crippen LogP) is 14.6. The smallest absolute Gasteiger partial charge is 0.269 e. The maximum Gasteiger partial charge on any atom is 0.269 e.